The van der Waals surface area contributed by atoms with Gasteiger partial charge in [0.2, 0.25) is 0 Å². The van der Waals surface area contributed by atoms with E-state index in [1.54, 1.807) is 32.4 Å². The van der Waals surface area contributed by atoms with E-state index in [2.05, 4.69) is 10.6 Å². The molecule has 0 aliphatic heterocycles. The monoisotopic (exact) mass is 336 g/mol. The number of hydrogen-bond acceptors (Lipinski definition) is 3. The molecule has 0 unspecified atom stereocenters. The van der Waals surface area contributed by atoms with E-state index in [0.717, 1.165) is 17.0 Å². The number of methoxy groups -OCH3 is 2. The van der Waals surface area contributed by atoms with Crippen LogP contribution in [0.2, 0.25) is 5.02 Å². The van der Waals surface area contributed by atoms with Gasteiger partial charge in [0.25, 0.3) is 0 Å². The number of benzene rings is 2. The fourth-order valence-corrected chi connectivity index (χ4v) is 2.26. The predicted octanol–water partition coefficient (Wildman–Crippen LogP) is 3.84. The van der Waals surface area contributed by atoms with Crippen molar-refractivity contribution in [3.8, 4) is 11.5 Å². The molecule has 116 valence electrons. The van der Waals surface area contributed by atoms with E-state index in [0.29, 0.717) is 22.4 Å². The summed E-state index contributed by atoms with van der Waals surface area (Å²) >= 11 is 11.3. The molecule has 4 nitrogen and oxygen atoms in total. The van der Waals surface area contributed by atoms with Crippen LogP contribution in [0.25, 0.3) is 0 Å². The average Bonchev–Trinajstić information content (AvgIpc) is 2.53. The lowest BCUT2D eigenvalue weighted by atomic mass is 10.2. The number of rotatable bonds is 5. The van der Waals surface area contributed by atoms with Gasteiger partial charge in [-0.25, -0.2) is 0 Å². The van der Waals surface area contributed by atoms with E-state index in [4.69, 9.17) is 33.3 Å². The predicted molar refractivity (Wildman–Crippen MR) is 94.1 cm³/mol. The Kier molecular flexibility index (Phi) is 5.86. The minimum absolute atomic E-state index is 0.489. The van der Waals surface area contributed by atoms with Crippen LogP contribution in [-0.4, -0.2) is 19.3 Å². The molecule has 0 radical (unpaired) electrons. The quantitative estimate of drug-likeness (QED) is 0.812. The number of halogens is 1. The maximum Gasteiger partial charge on any atom is 0.171 e. The molecule has 0 aromatic heterocycles. The molecule has 0 spiro atoms. The summed E-state index contributed by atoms with van der Waals surface area (Å²) in [6.45, 7) is 0.589. The molecule has 2 rings (SSSR count). The van der Waals surface area contributed by atoms with Crippen molar-refractivity contribution in [2.75, 3.05) is 19.5 Å². The maximum absolute atomic E-state index is 5.99. The lowest BCUT2D eigenvalue weighted by Gasteiger charge is -2.14. The van der Waals surface area contributed by atoms with E-state index in [9.17, 15) is 0 Å². The van der Waals surface area contributed by atoms with Crippen LogP contribution in [0.15, 0.2) is 42.5 Å². The second-order valence-electron chi connectivity index (χ2n) is 4.50. The summed E-state index contributed by atoms with van der Waals surface area (Å²) in [5.74, 6) is 1.49. The normalized spacial score (nSPS) is 9.95. The number of ether oxygens (including phenoxy) is 2. The van der Waals surface area contributed by atoms with Gasteiger partial charge in [-0.05, 0) is 48.1 Å². The summed E-state index contributed by atoms with van der Waals surface area (Å²) in [7, 11) is 3.24. The van der Waals surface area contributed by atoms with Crippen LogP contribution in [0.1, 0.15) is 5.56 Å². The van der Waals surface area contributed by atoms with E-state index >= 15 is 0 Å². The SMILES string of the molecule is COc1cccc(CNC(=S)Nc2cc(Cl)ccc2OC)c1. The molecular weight excluding hydrogens is 320 g/mol. The first-order valence-electron chi connectivity index (χ1n) is 6.63. The Hall–Kier alpha value is -1.98. The van der Waals surface area contributed by atoms with Crippen molar-refractivity contribution in [2.24, 2.45) is 0 Å². The van der Waals surface area contributed by atoms with Crippen LogP contribution in [-0.2, 0) is 6.54 Å². The first kappa shape index (κ1) is 16.4. The zero-order chi connectivity index (χ0) is 15.9. The summed E-state index contributed by atoms with van der Waals surface area (Å²) in [6.07, 6.45) is 0. The lowest BCUT2D eigenvalue weighted by molar-refractivity contribution is 0.414. The molecular formula is C16H17ClN2O2S. The zero-order valence-corrected chi connectivity index (χ0v) is 13.9. The second kappa shape index (κ2) is 7.87. The van der Waals surface area contributed by atoms with Gasteiger partial charge in [0, 0.05) is 11.6 Å². The molecule has 0 saturated carbocycles. The van der Waals surface area contributed by atoms with Crippen molar-refractivity contribution in [1.29, 1.82) is 0 Å². The van der Waals surface area contributed by atoms with E-state index < -0.39 is 0 Å². The highest BCUT2D eigenvalue weighted by Crippen LogP contribution is 2.27. The van der Waals surface area contributed by atoms with Crippen LogP contribution < -0.4 is 20.1 Å². The van der Waals surface area contributed by atoms with Gasteiger partial charge >= 0.3 is 0 Å². The highest BCUT2D eigenvalue weighted by Gasteiger charge is 2.06. The summed E-state index contributed by atoms with van der Waals surface area (Å²) in [4.78, 5) is 0. The molecule has 2 aromatic rings. The third-order valence-electron chi connectivity index (χ3n) is 3.00. The second-order valence-corrected chi connectivity index (χ2v) is 5.35. The van der Waals surface area contributed by atoms with E-state index in [1.165, 1.54) is 0 Å². The van der Waals surface area contributed by atoms with E-state index in [1.807, 2.05) is 24.3 Å². The van der Waals surface area contributed by atoms with Gasteiger partial charge in [-0.3, -0.25) is 0 Å². The van der Waals surface area contributed by atoms with Gasteiger partial charge in [-0.15, -0.1) is 0 Å². The van der Waals surface area contributed by atoms with Crippen molar-refractivity contribution in [3.63, 3.8) is 0 Å². The molecule has 22 heavy (non-hydrogen) atoms. The van der Waals surface area contributed by atoms with Gasteiger partial charge in [0.15, 0.2) is 5.11 Å². The van der Waals surface area contributed by atoms with Crippen molar-refractivity contribution < 1.29 is 9.47 Å². The Morgan fingerprint density at radius 2 is 1.95 bits per heavy atom. The van der Waals surface area contributed by atoms with Crippen molar-refractivity contribution in [1.82, 2.24) is 5.32 Å². The first-order valence-corrected chi connectivity index (χ1v) is 7.42. The Bertz CT molecular complexity index is 664. The minimum Gasteiger partial charge on any atom is -0.497 e. The Balaban J connectivity index is 1.97. The number of hydrogen-bond donors (Lipinski definition) is 2. The molecule has 0 heterocycles. The highest BCUT2D eigenvalue weighted by molar-refractivity contribution is 7.80. The fraction of sp³-hybridized carbons (Fsp3) is 0.188. The zero-order valence-electron chi connectivity index (χ0n) is 12.4. The molecule has 0 atom stereocenters. The first-order chi connectivity index (χ1) is 10.6. The van der Waals surface area contributed by atoms with Gasteiger partial charge in [-0.1, -0.05) is 23.7 Å². The fourth-order valence-electron chi connectivity index (χ4n) is 1.91. The standard InChI is InChI=1S/C16H17ClN2O2S/c1-20-13-5-3-4-11(8-13)10-18-16(22)19-14-9-12(17)6-7-15(14)21-2/h3-9H,10H2,1-2H3,(H2,18,19,22). The summed E-state index contributed by atoms with van der Waals surface area (Å²) in [5.41, 5.74) is 1.79. The van der Waals surface area contributed by atoms with Gasteiger partial charge in [0.1, 0.15) is 11.5 Å². The van der Waals surface area contributed by atoms with Gasteiger partial charge < -0.3 is 20.1 Å². The third kappa shape index (κ3) is 4.51. The molecule has 0 fully saturated rings. The van der Waals surface area contributed by atoms with Crippen LogP contribution in [0.5, 0.6) is 11.5 Å². The van der Waals surface area contributed by atoms with Crippen LogP contribution in [0.3, 0.4) is 0 Å². The third-order valence-corrected chi connectivity index (χ3v) is 3.48. The minimum atomic E-state index is 0.489. The van der Waals surface area contributed by atoms with Crippen LogP contribution in [0.4, 0.5) is 5.69 Å². The lowest BCUT2D eigenvalue weighted by Crippen LogP contribution is -2.28. The number of anilines is 1. The maximum atomic E-state index is 5.99. The van der Waals surface area contributed by atoms with Crippen molar-refractivity contribution in [3.05, 3.63) is 53.1 Å². The summed E-state index contributed by atoms with van der Waals surface area (Å²) < 4.78 is 10.5. The number of nitrogens with one attached hydrogen (secondary N) is 2. The van der Waals surface area contributed by atoms with Crippen molar-refractivity contribution in [2.45, 2.75) is 6.54 Å². The summed E-state index contributed by atoms with van der Waals surface area (Å²) in [6, 6.07) is 13.1. The molecule has 0 saturated heterocycles. The smallest absolute Gasteiger partial charge is 0.171 e. The topological polar surface area (TPSA) is 42.5 Å². The van der Waals surface area contributed by atoms with Crippen LogP contribution in [0, 0.1) is 0 Å². The molecule has 2 aromatic carbocycles. The largest absolute Gasteiger partial charge is 0.497 e. The van der Waals surface area contributed by atoms with E-state index in [-0.39, 0.29) is 0 Å². The molecule has 0 aliphatic rings. The number of thiocarbonyl (C=S) groups is 1. The Morgan fingerprint density at radius 3 is 2.68 bits per heavy atom. The summed E-state index contributed by atoms with van der Waals surface area (Å²) in [5, 5.41) is 7.32. The van der Waals surface area contributed by atoms with Crippen LogP contribution >= 0.6 is 23.8 Å². The highest BCUT2D eigenvalue weighted by atomic mass is 35.5. The Labute approximate surface area is 140 Å². The molecule has 0 amide bonds. The van der Waals surface area contributed by atoms with Gasteiger partial charge in [0.05, 0.1) is 19.9 Å². The Morgan fingerprint density at radius 1 is 1.14 bits per heavy atom. The molecule has 0 bridgehead atoms. The molecule has 6 heteroatoms. The van der Waals surface area contributed by atoms with Gasteiger partial charge in [-0.2, -0.15) is 0 Å². The average molecular weight is 337 g/mol. The molecule has 0 aliphatic carbocycles. The van der Waals surface area contributed by atoms with Crippen molar-refractivity contribution >= 4 is 34.6 Å². The molecule has 2 N–H and O–H groups in total.